The van der Waals surface area contributed by atoms with Gasteiger partial charge in [-0.25, -0.2) is 9.36 Å². The van der Waals surface area contributed by atoms with E-state index in [0.717, 1.165) is 4.57 Å². The van der Waals surface area contributed by atoms with Crippen LogP contribution in [0.3, 0.4) is 0 Å². The van der Waals surface area contributed by atoms with E-state index < -0.39 is 17.2 Å². The van der Waals surface area contributed by atoms with Crippen LogP contribution in [0.1, 0.15) is 0 Å². The minimum atomic E-state index is -0.678. The molecule has 0 spiro atoms. The van der Waals surface area contributed by atoms with E-state index in [0.29, 0.717) is 22.7 Å². The van der Waals surface area contributed by atoms with Crippen LogP contribution >= 0.6 is 0 Å². The van der Waals surface area contributed by atoms with E-state index in [1.54, 1.807) is 66.7 Å². The van der Waals surface area contributed by atoms with Crippen LogP contribution in [0.25, 0.3) is 16.6 Å². The van der Waals surface area contributed by atoms with Crippen molar-refractivity contribution < 1.29 is 19.0 Å². The van der Waals surface area contributed by atoms with Crippen molar-refractivity contribution in [2.45, 2.75) is 6.54 Å². The molecule has 4 rings (SSSR count). The number of rotatable bonds is 7. The molecule has 0 atom stereocenters. The first-order chi connectivity index (χ1) is 16.5. The Morgan fingerprint density at radius 2 is 1.56 bits per heavy atom. The zero-order valence-electron chi connectivity index (χ0n) is 18.9. The normalized spacial score (nSPS) is 10.7. The van der Waals surface area contributed by atoms with Crippen LogP contribution < -0.4 is 30.8 Å². The van der Waals surface area contributed by atoms with Crippen molar-refractivity contribution >= 4 is 22.5 Å². The number of para-hydroxylation sites is 3. The van der Waals surface area contributed by atoms with Crippen molar-refractivity contribution in [2.75, 3.05) is 26.6 Å². The van der Waals surface area contributed by atoms with Crippen molar-refractivity contribution in [3.8, 4) is 22.9 Å². The van der Waals surface area contributed by atoms with Crippen molar-refractivity contribution in [1.82, 2.24) is 9.13 Å². The van der Waals surface area contributed by atoms with Crippen molar-refractivity contribution in [3.05, 3.63) is 87.6 Å². The number of amides is 1. The molecule has 9 heteroatoms. The van der Waals surface area contributed by atoms with E-state index in [1.807, 2.05) is 0 Å². The SMILES string of the molecule is COc1ccc(-n2c(=O)c3ccccc3n(CC(=O)Nc3ccccc3OC)c2=O)c(OC)c1. The fourth-order valence-corrected chi connectivity index (χ4v) is 3.74. The van der Waals surface area contributed by atoms with Gasteiger partial charge in [0.1, 0.15) is 23.8 Å². The topological polar surface area (TPSA) is 101 Å². The Morgan fingerprint density at radius 1 is 0.853 bits per heavy atom. The lowest BCUT2D eigenvalue weighted by atomic mass is 10.2. The Labute approximate surface area is 194 Å². The molecular formula is C25H23N3O6. The monoisotopic (exact) mass is 461 g/mol. The Morgan fingerprint density at radius 3 is 2.29 bits per heavy atom. The molecule has 0 unspecified atom stereocenters. The minimum absolute atomic E-state index is 0.239. The van der Waals surface area contributed by atoms with E-state index in [1.165, 1.54) is 25.9 Å². The number of carbonyl (C=O) groups excluding carboxylic acids is 1. The summed E-state index contributed by atoms with van der Waals surface area (Å²) in [5, 5.41) is 3.04. The molecule has 174 valence electrons. The van der Waals surface area contributed by atoms with Gasteiger partial charge in [-0.05, 0) is 36.4 Å². The number of fused-ring (bicyclic) bond motifs is 1. The van der Waals surface area contributed by atoms with Gasteiger partial charge < -0.3 is 19.5 Å². The van der Waals surface area contributed by atoms with Crippen LogP contribution in [-0.4, -0.2) is 36.4 Å². The number of nitrogens with one attached hydrogen (secondary N) is 1. The largest absolute Gasteiger partial charge is 0.497 e. The second-order valence-electron chi connectivity index (χ2n) is 7.31. The van der Waals surface area contributed by atoms with Gasteiger partial charge in [0.15, 0.2) is 0 Å². The summed E-state index contributed by atoms with van der Waals surface area (Å²) in [5.41, 5.74) is -0.148. The molecule has 9 nitrogen and oxygen atoms in total. The van der Waals surface area contributed by atoms with Crippen molar-refractivity contribution in [3.63, 3.8) is 0 Å². The van der Waals surface area contributed by atoms with E-state index in [-0.39, 0.29) is 23.4 Å². The van der Waals surface area contributed by atoms with E-state index >= 15 is 0 Å². The highest BCUT2D eigenvalue weighted by Gasteiger charge is 2.19. The maximum Gasteiger partial charge on any atom is 0.336 e. The summed E-state index contributed by atoms with van der Waals surface area (Å²) in [4.78, 5) is 39.8. The number of nitrogens with zero attached hydrogens (tertiary/aromatic N) is 2. The predicted octanol–water partition coefficient (Wildman–Crippen LogP) is 2.82. The van der Waals surface area contributed by atoms with Gasteiger partial charge in [0.25, 0.3) is 5.56 Å². The third kappa shape index (κ3) is 4.11. The number of anilines is 1. The molecular weight excluding hydrogens is 438 g/mol. The summed E-state index contributed by atoms with van der Waals surface area (Å²) in [5.74, 6) is 0.814. The lowest BCUT2D eigenvalue weighted by molar-refractivity contribution is -0.116. The third-order valence-electron chi connectivity index (χ3n) is 5.36. The van der Waals surface area contributed by atoms with Gasteiger partial charge in [0.2, 0.25) is 5.91 Å². The Hall–Kier alpha value is -4.53. The molecule has 1 amide bonds. The third-order valence-corrected chi connectivity index (χ3v) is 5.36. The molecule has 0 aliphatic carbocycles. The summed E-state index contributed by atoms with van der Waals surface area (Å²) in [6.45, 7) is -0.323. The predicted molar refractivity (Wildman–Crippen MR) is 129 cm³/mol. The average Bonchev–Trinajstić information content (AvgIpc) is 2.87. The number of hydrogen-bond donors (Lipinski definition) is 1. The molecule has 0 radical (unpaired) electrons. The number of hydrogen-bond acceptors (Lipinski definition) is 6. The molecule has 0 bridgehead atoms. The first-order valence-corrected chi connectivity index (χ1v) is 10.4. The number of carbonyl (C=O) groups is 1. The van der Waals surface area contributed by atoms with Crippen LogP contribution in [0.4, 0.5) is 5.69 Å². The molecule has 0 aliphatic rings. The van der Waals surface area contributed by atoms with Gasteiger partial charge in [0, 0.05) is 6.07 Å². The molecule has 34 heavy (non-hydrogen) atoms. The van der Waals surface area contributed by atoms with Gasteiger partial charge >= 0.3 is 5.69 Å². The summed E-state index contributed by atoms with van der Waals surface area (Å²) in [7, 11) is 4.44. The standard InChI is InChI=1S/C25H23N3O6/c1-32-16-12-13-20(22(14-16)34-3)28-24(30)17-8-4-6-10-19(17)27(25(28)31)15-23(29)26-18-9-5-7-11-21(18)33-2/h4-14H,15H2,1-3H3,(H,26,29). The second-order valence-corrected chi connectivity index (χ2v) is 7.31. The maximum atomic E-state index is 13.6. The number of aromatic nitrogens is 2. The van der Waals surface area contributed by atoms with Gasteiger partial charge in [-0.2, -0.15) is 0 Å². The second kappa shape index (κ2) is 9.53. The van der Waals surface area contributed by atoms with Gasteiger partial charge in [-0.15, -0.1) is 0 Å². The highest BCUT2D eigenvalue weighted by atomic mass is 16.5. The molecule has 1 N–H and O–H groups in total. The summed E-state index contributed by atoms with van der Waals surface area (Å²) < 4.78 is 18.2. The molecule has 1 heterocycles. The molecule has 0 saturated carbocycles. The number of methoxy groups -OCH3 is 3. The molecule has 0 aliphatic heterocycles. The van der Waals surface area contributed by atoms with Gasteiger partial charge in [0.05, 0.1) is 43.6 Å². The van der Waals surface area contributed by atoms with Crippen molar-refractivity contribution in [1.29, 1.82) is 0 Å². The maximum absolute atomic E-state index is 13.6. The number of benzene rings is 3. The zero-order valence-corrected chi connectivity index (χ0v) is 18.9. The first kappa shape index (κ1) is 22.7. The van der Waals surface area contributed by atoms with E-state index in [4.69, 9.17) is 14.2 Å². The van der Waals surface area contributed by atoms with Crippen LogP contribution in [0.2, 0.25) is 0 Å². The summed E-state index contributed by atoms with van der Waals surface area (Å²) in [6, 6.07) is 18.4. The van der Waals surface area contributed by atoms with Crippen LogP contribution in [0.5, 0.6) is 17.2 Å². The summed E-state index contributed by atoms with van der Waals surface area (Å²) >= 11 is 0. The zero-order chi connectivity index (χ0) is 24.2. The first-order valence-electron chi connectivity index (χ1n) is 10.4. The minimum Gasteiger partial charge on any atom is -0.497 e. The van der Waals surface area contributed by atoms with Crippen molar-refractivity contribution in [2.24, 2.45) is 0 Å². The molecule has 3 aromatic carbocycles. The van der Waals surface area contributed by atoms with E-state index in [2.05, 4.69) is 5.32 Å². The molecule has 1 aromatic heterocycles. The Bertz CT molecular complexity index is 1490. The lowest BCUT2D eigenvalue weighted by Gasteiger charge is -2.16. The van der Waals surface area contributed by atoms with Crippen LogP contribution in [0.15, 0.2) is 76.3 Å². The highest BCUT2D eigenvalue weighted by Crippen LogP contribution is 2.27. The van der Waals surface area contributed by atoms with Crippen LogP contribution in [0, 0.1) is 0 Å². The van der Waals surface area contributed by atoms with Crippen LogP contribution in [-0.2, 0) is 11.3 Å². The Kier molecular flexibility index (Phi) is 6.35. The van der Waals surface area contributed by atoms with Gasteiger partial charge in [-0.1, -0.05) is 24.3 Å². The number of ether oxygens (including phenoxy) is 3. The molecule has 0 fully saturated rings. The lowest BCUT2D eigenvalue weighted by Crippen LogP contribution is -2.41. The fourth-order valence-electron chi connectivity index (χ4n) is 3.74. The molecule has 4 aromatic rings. The molecule has 0 saturated heterocycles. The summed E-state index contributed by atoms with van der Waals surface area (Å²) in [6.07, 6.45) is 0. The average molecular weight is 461 g/mol. The Balaban J connectivity index is 1.86. The quantitative estimate of drug-likeness (QED) is 0.454. The fraction of sp³-hybridized carbons (Fsp3) is 0.160. The van der Waals surface area contributed by atoms with E-state index in [9.17, 15) is 14.4 Å². The van der Waals surface area contributed by atoms with Gasteiger partial charge in [-0.3, -0.25) is 14.2 Å². The smallest absolute Gasteiger partial charge is 0.336 e. The highest BCUT2D eigenvalue weighted by molar-refractivity contribution is 5.93.